The quantitative estimate of drug-likeness (QED) is 0.584. The van der Waals surface area contributed by atoms with Crippen LogP contribution in [0.3, 0.4) is 0 Å². The Morgan fingerprint density at radius 2 is 1.97 bits per heavy atom. The van der Waals surface area contributed by atoms with Crippen molar-refractivity contribution in [1.82, 2.24) is 9.80 Å². The Morgan fingerprint density at radius 3 is 2.67 bits per heavy atom. The van der Waals surface area contributed by atoms with Crippen LogP contribution in [-0.4, -0.2) is 59.9 Å². The molecule has 0 aliphatic carbocycles. The third-order valence-electron chi connectivity index (χ3n) is 6.68. The minimum Gasteiger partial charge on any atom is -0.368 e. The first kappa shape index (κ1) is 23.9. The van der Waals surface area contributed by atoms with E-state index in [1.807, 2.05) is 24.0 Å². The van der Waals surface area contributed by atoms with Crippen molar-refractivity contribution in [3.63, 3.8) is 0 Å². The first-order chi connectivity index (χ1) is 15.8. The Hall–Kier alpha value is -2.28. The van der Waals surface area contributed by atoms with E-state index in [4.69, 9.17) is 16.3 Å². The monoisotopic (exact) mass is 472 g/mol. The molecule has 2 aromatic carbocycles. The van der Waals surface area contributed by atoms with Gasteiger partial charge in [0.05, 0.1) is 0 Å². The maximum Gasteiger partial charge on any atom is 0.252 e. The predicted octanol–water partition coefficient (Wildman–Crippen LogP) is 4.42. The van der Waals surface area contributed by atoms with Gasteiger partial charge in [-0.1, -0.05) is 23.7 Å². The number of rotatable bonds is 6. The van der Waals surface area contributed by atoms with Gasteiger partial charge in [0.25, 0.3) is 5.91 Å². The van der Waals surface area contributed by atoms with E-state index in [1.165, 1.54) is 12.1 Å². The van der Waals surface area contributed by atoms with Gasteiger partial charge in [-0.25, -0.2) is 4.39 Å². The van der Waals surface area contributed by atoms with Gasteiger partial charge in [-0.15, -0.1) is 0 Å². The van der Waals surface area contributed by atoms with E-state index in [1.54, 1.807) is 12.1 Å². The molecule has 0 radical (unpaired) electrons. The number of ketones is 1. The summed E-state index contributed by atoms with van der Waals surface area (Å²) in [5.74, 6) is -0.451. The fraction of sp³-hybridized carbons (Fsp3) is 0.462. The highest BCUT2D eigenvalue weighted by Crippen LogP contribution is 2.25. The molecule has 7 heteroatoms. The van der Waals surface area contributed by atoms with Crippen LogP contribution < -0.4 is 0 Å². The zero-order valence-corrected chi connectivity index (χ0v) is 19.9. The summed E-state index contributed by atoms with van der Waals surface area (Å²) in [7, 11) is 0. The van der Waals surface area contributed by atoms with Gasteiger partial charge in [0.1, 0.15) is 11.9 Å². The molecular formula is C26H30ClFN2O3. The molecule has 2 fully saturated rings. The van der Waals surface area contributed by atoms with Gasteiger partial charge in [-0.05, 0) is 67.6 Å². The van der Waals surface area contributed by atoms with Crippen LogP contribution in [0.25, 0.3) is 0 Å². The molecule has 176 valence electrons. The van der Waals surface area contributed by atoms with Gasteiger partial charge in [0.2, 0.25) is 0 Å². The van der Waals surface area contributed by atoms with Gasteiger partial charge in [0.15, 0.2) is 5.78 Å². The first-order valence-electron chi connectivity index (χ1n) is 11.5. The Balaban J connectivity index is 1.43. The van der Waals surface area contributed by atoms with Gasteiger partial charge >= 0.3 is 0 Å². The summed E-state index contributed by atoms with van der Waals surface area (Å²) in [5, 5.41) is 0.581. The molecule has 0 spiro atoms. The lowest BCUT2D eigenvalue weighted by Crippen LogP contribution is -2.55. The van der Waals surface area contributed by atoms with Crippen LogP contribution in [0.2, 0.25) is 5.02 Å². The van der Waals surface area contributed by atoms with Crippen LogP contribution in [0.15, 0.2) is 36.4 Å². The molecular weight excluding hydrogens is 443 g/mol. The van der Waals surface area contributed by atoms with E-state index in [9.17, 15) is 14.0 Å². The number of hydrogen-bond donors (Lipinski definition) is 0. The highest BCUT2D eigenvalue weighted by Gasteiger charge is 2.34. The molecule has 2 heterocycles. The van der Waals surface area contributed by atoms with Gasteiger partial charge in [-0.2, -0.15) is 0 Å². The zero-order valence-electron chi connectivity index (χ0n) is 19.2. The Morgan fingerprint density at radius 1 is 1.18 bits per heavy atom. The maximum absolute atomic E-state index is 13.5. The molecule has 0 saturated carbocycles. The molecule has 0 bridgehead atoms. The summed E-state index contributed by atoms with van der Waals surface area (Å²) in [5.41, 5.74) is 3.30. The van der Waals surface area contributed by atoms with E-state index in [0.717, 1.165) is 42.6 Å². The topological polar surface area (TPSA) is 49.9 Å². The van der Waals surface area contributed by atoms with Crippen LogP contribution in [0.1, 0.15) is 46.8 Å². The maximum atomic E-state index is 13.5. The molecule has 2 aromatic rings. The molecule has 0 aromatic heterocycles. The van der Waals surface area contributed by atoms with E-state index >= 15 is 0 Å². The minimum atomic E-state index is -0.421. The van der Waals surface area contributed by atoms with Crippen molar-refractivity contribution in [2.45, 2.75) is 51.8 Å². The summed E-state index contributed by atoms with van der Waals surface area (Å²) >= 11 is 6.40. The first-order valence-corrected chi connectivity index (χ1v) is 11.9. The normalized spacial score (nSPS) is 21.4. The van der Waals surface area contributed by atoms with Crippen LogP contribution >= 0.6 is 11.6 Å². The van der Waals surface area contributed by atoms with Gasteiger partial charge in [-0.3, -0.25) is 14.5 Å². The number of Topliss-reactive ketones (excluding diaryl/α,β-unsaturated/α-hetero) is 1. The molecule has 2 atom stereocenters. The molecule has 2 aliphatic rings. The van der Waals surface area contributed by atoms with Crippen molar-refractivity contribution < 1.29 is 18.7 Å². The summed E-state index contributed by atoms with van der Waals surface area (Å²) in [4.78, 5) is 29.7. The average molecular weight is 473 g/mol. The lowest BCUT2D eigenvalue weighted by Gasteiger charge is -2.41. The second-order valence-corrected chi connectivity index (χ2v) is 9.51. The summed E-state index contributed by atoms with van der Waals surface area (Å²) in [6.45, 7) is 7.65. The zero-order chi connectivity index (χ0) is 23.5. The molecule has 5 nitrogen and oxygen atoms in total. The minimum absolute atomic E-state index is 0.101. The van der Waals surface area contributed by atoms with Crippen molar-refractivity contribution in [1.29, 1.82) is 0 Å². The number of benzene rings is 2. The molecule has 2 saturated heterocycles. The third-order valence-corrected chi connectivity index (χ3v) is 6.90. The van der Waals surface area contributed by atoms with Crippen LogP contribution in [0.5, 0.6) is 0 Å². The van der Waals surface area contributed by atoms with E-state index in [-0.39, 0.29) is 30.3 Å². The molecule has 1 amide bonds. The summed E-state index contributed by atoms with van der Waals surface area (Å²) in [6, 6.07) is 9.63. The Labute approximate surface area is 199 Å². The highest BCUT2D eigenvalue weighted by atomic mass is 35.5. The van der Waals surface area contributed by atoms with Crippen molar-refractivity contribution in [2.75, 3.05) is 26.2 Å². The predicted molar refractivity (Wildman–Crippen MR) is 126 cm³/mol. The van der Waals surface area contributed by atoms with Crippen molar-refractivity contribution in [3.8, 4) is 0 Å². The standard InChI is InChI=1S/C26H30ClFN2O3/c1-17-15-29(8-9-30(17)26(32)25-7-4-10-33-25)16-21-12-22(27)11-20(18(21)2)14-24(31)19-5-3-6-23(28)13-19/h3,5-6,11-13,17,25H,4,7-10,14-16H2,1-2H3/t17-,25+/m0/s1. The van der Waals surface area contributed by atoms with Crippen LogP contribution in [-0.2, 0) is 22.5 Å². The number of hydrogen-bond acceptors (Lipinski definition) is 4. The lowest BCUT2D eigenvalue weighted by molar-refractivity contribution is -0.145. The number of halogens is 2. The fourth-order valence-electron chi connectivity index (χ4n) is 4.78. The van der Waals surface area contributed by atoms with Crippen molar-refractivity contribution in [3.05, 3.63) is 69.5 Å². The van der Waals surface area contributed by atoms with E-state index < -0.39 is 5.82 Å². The van der Waals surface area contributed by atoms with E-state index in [0.29, 0.717) is 30.3 Å². The average Bonchev–Trinajstić information content (AvgIpc) is 3.31. The second-order valence-electron chi connectivity index (χ2n) is 9.08. The SMILES string of the molecule is Cc1c(CC(=O)c2cccc(F)c2)cc(Cl)cc1CN1CCN(C(=O)[C@H]2CCCO2)[C@@H](C)C1. The number of carbonyl (C=O) groups excluding carboxylic acids is 2. The largest absolute Gasteiger partial charge is 0.368 e. The molecule has 4 rings (SSSR count). The van der Waals surface area contributed by atoms with Crippen molar-refractivity contribution >= 4 is 23.3 Å². The summed E-state index contributed by atoms with van der Waals surface area (Å²) in [6.07, 6.45) is 1.64. The fourth-order valence-corrected chi connectivity index (χ4v) is 5.05. The summed E-state index contributed by atoms with van der Waals surface area (Å²) < 4.78 is 19.1. The van der Waals surface area contributed by atoms with Gasteiger partial charge < -0.3 is 9.64 Å². The lowest BCUT2D eigenvalue weighted by atomic mass is 9.95. The third kappa shape index (κ3) is 5.62. The number of amides is 1. The molecule has 2 aliphatic heterocycles. The van der Waals surface area contributed by atoms with Crippen LogP contribution in [0.4, 0.5) is 4.39 Å². The highest BCUT2D eigenvalue weighted by molar-refractivity contribution is 6.30. The van der Waals surface area contributed by atoms with Gasteiger partial charge in [0, 0.05) is 55.8 Å². The molecule has 0 unspecified atom stereocenters. The number of carbonyl (C=O) groups is 2. The molecule has 33 heavy (non-hydrogen) atoms. The smallest absolute Gasteiger partial charge is 0.252 e. The number of ether oxygens (including phenoxy) is 1. The van der Waals surface area contributed by atoms with Crippen LogP contribution in [0, 0.1) is 12.7 Å². The van der Waals surface area contributed by atoms with E-state index in [2.05, 4.69) is 11.8 Å². The Kier molecular flexibility index (Phi) is 7.47. The molecule has 0 N–H and O–H groups in total. The number of piperazine rings is 1. The Bertz CT molecular complexity index is 1040. The second kappa shape index (κ2) is 10.3. The van der Waals surface area contributed by atoms with Crippen molar-refractivity contribution in [2.24, 2.45) is 0 Å². The number of nitrogens with zero attached hydrogens (tertiary/aromatic N) is 2.